The first kappa shape index (κ1) is 19.3. The van der Waals surface area contributed by atoms with Crippen LogP contribution in [0.5, 0.6) is 0 Å². The van der Waals surface area contributed by atoms with Crippen molar-refractivity contribution >= 4 is 17.6 Å². The van der Waals surface area contributed by atoms with E-state index in [1.54, 1.807) is 13.8 Å². The monoisotopic (exact) mass is 386 g/mol. The molecule has 3 rings (SSSR count). The predicted octanol–water partition coefficient (Wildman–Crippen LogP) is 2.91. The SMILES string of the molecule is Cc1noc(C)c1C#Cc1cncc(C(=O)Nc2ccc(C#N)cc2C(=O)O)c1. The first-order chi connectivity index (χ1) is 13.9. The fourth-order valence-electron chi connectivity index (χ4n) is 2.52. The topological polar surface area (TPSA) is 129 Å². The Kier molecular flexibility index (Phi) is 5.38. The summed E-state index contributed by atoms with van der Waals surface area (Å²) in [6.45, 7) is 3.53. The maximum Gasteiger partial charge on any atom is 0.337 e. The number of rotatable bonds is 3. The van der Waals surface area contributed by atoms with Gasteiger partial charge in [-0.25, -0.2) is 4.79 Å². The van der Waals surface area contributed by atoms with Gasteiger partial charge in [0.15, 0.2) is 0 Å². The fourth-order valence-corrected chi connectivity index (χ4v) is 2.52. The maximum atomic E-state index is 12.6. The highest BCUT2D eigenvalue weighted by molar-refractivity contribution is 6.07. The number of nitrogens with one attached hydrogen (secondary N) is 1. The first-order valence-electron chi connectivity index (χ1n) is 8.37. The third-order valence-corrected chi connectivity index (χ3v) is 3.99. The summed E-state index contributed by atoms with van der Waals surface area (Å²) < 4.78 is 5.06. The number of benzene rings is 1. The van der Waals surface area contributed by atoms with Crippen LogP contribution in [0.2, 0.25) is 0 Å². The molecule has 0 unspecified atom stereocenters. The molecule has 29 heavy (non-hydrogen) atoms. The van der Waals surface area contributed by atoms with E-state index < -0.39 is 11.9 Å². The van der Waals surface area contributed by atoms with Crippen LogP contribution in [0.25, 0.3) is 0 Å². The van der Waals surface area contributed by atoms with Crippen molar-refractivity contribution < 1.29 is 19.2 Å². The number of hydrogen-bond donors (Lipinski definition) is 2. The molecule has 2 heterocycles. The van der Waals surface area contributed by atoms with Gasteiger partial charge in [0.1, 0.15) is 5.76 Å². The Morgan fingerprint density at radius 1 is 1.14 bits per heavy atom. The van der Waals surface area contributed by atoms with Gasteiger partial charge in [0.05, 0.1) is 39.7 Å². The summed E-state index contributed by atoms with van der Waals surface area (Å²) in [5, 5.41) is 24.6. The van der Waals surface area contributed by atoms with Gasteiger partial charge in [-0.3, -0.25) is 9.78 Å². The molecule has 2 N–H and O–H groups in total. The van der Waals surface area contributed by atoms with Crippen LogP contribution in [0.3, 0.4) is 0 Å². The molecule has 0 aliphatic heterocycles. The van der Waals surface area contributed by atoms with Crippen LogP contribution in [0, 0.1) is 37.0 Å². The van der Waals surface area contributed by atoms with E-state index in [-0.39, 0.29) is 22.4 Å². The first-order valence-corrected chi connectivity index (χ1v) is 8.37. The van der Waals surface area contributed by atoms with Gasteiger partial charge in [0.25, 0.3) is 5.91 Å². The van der Waals surface area contributed by atoms with Gasteiger partial charge < -0.3 is 14.9 Å². The summed E-state index contributed by atoms with van der Waals surface area (Å²) >= 11 is 0. The number of nitrogens with zero attached hydrogens (tertiary/aromatic N) is 3. The Morgan fingerprint density at radius 2 is 1.93 bits per heavy atom. The van der Waals surface area contributed by atoms with Gasteiger partial charge in [0.2, 0.25) is 0 Å². The van der Waals surface area contributed by atoms with Crippen molar-refractivity contribution in [2.45, 2.75) is 13.8 Å². The number of carboxylic acids is 1. The van der Waals surface area contributed by atoms with Gasteiger partial charge in [-0.05, 0) is 38.1 Å². The molecule has 0 aliphatic rings. The lowest BCUT2D eigenvalue weighted by Gasteiger charge is -2.09. The van der Waals surface area contributed by atoms with Crippen molar-refractivity contribution in [1.82, 2.24) is 10.1 Å². The zero-order valence-corrected chi connectivity index (χ0v) is 15.5. The van der Waals surface area contributed by atoms with E-state index in [1.165, 1.54) is 36.7 Å². The highest BCUT2D eigenvalue weighted by Gasteiger charge is 2.15. The Bertz CT molecular complexity index is 1210. The van der Waals surface area contributed by atoms with E-state index >= 15 is 0 Å². The molecule has 3 aromatic rings. The molecule has 2 aromatic heterocycles. The van der Waals surface area contributed by atoms with E-state index in [4.69, 9.17) is 9.78 Å². The van der Waals surface area contributed by atoms with Crippen LogP contribution in [-0.2, 0) is 0 Å². The van der Waals surface area contributed by atoms with Gasteiger partial charge in [-0.15, -0.1) is 0 Å². The molecule has 0 radical (unpaired) electrons. The molecule has 8 nitrogen and oxygen atoms in total. The summed E-state index contributed by atoms with van der Waals surface area (Å²) in [5.74, 6) is 4.64. The smallest absolute Gasteiger partial charge is 0.337 e. The average molecular weight is 386 g/mol. The molecule has 0 bridgehead atoms. The predicted molar refractivity (Wildman–Crippen MR) is 102 cm³/mol. The quantitative estimate of drug-likeness (QED) is 0.662. The summed E-state index contributed by atoms with van der Waals surface area (Å²) in [7, 11) is 0. The largest absolute Gasteiger partial charge is 0.478 e. The molecule has 0 fully saturated rings. The molecule has 0 spiro atoms. The number of hydrogen-bond acceptors (Lipinski definition) is 6. The summed E-state index contributed by atoms with van der Waals surface area (Å²) in [4.78, 5) is 28.0. The lowest BCUT2D eigenvalue weighted by Crippen LogP contribution is -2.15. The van der Waals surface area contributed by atoms with E-state index in [9.17, 15) is 14.7 Å². The molecule has 0 saturated heterocycles. The molecule has 1 aromatic carbocycles. The number of amides is 1. The second-order valence-electron chi connectivity index (χ2n) is 6.04. The Balaban J connectivity index is 1.86. The van der Waals surface area contributed by atoms with Gasteiger partial charge in [0, 0.05) is 18.0 Å². The maximum absolute atomic E-state index is 12.6. The van der Waals surface area contributed by atoms with Crippen LogP contribution in [0.1, 0.15) is 48.9 Å². The van der Waals surface area contributed by atoms with Crippen molar-refractivity contribution in [3.63, 3.8) is 0 Å². The standard InChI is InChI=1S/C21H14N4O4/c1-12-17(13(2)29-25-12)5-3-15-7-16(11-23-10-15)20(26)24-19-6-4-14(9-22)8-18(19)21(27)28/h4,6-8,10-11H,1-2H3,(H,24,26)(H,27,28). The average Bonchev–Trinajstić information content (AvgIpc) is 3.04. The number of carbonyl (C=O) groups is 2. The minimum atomic E-state index is -1.25. The molecular weight excluding hydrogens is 372 g/mol. The van der Waals surface area contributed by atoms with Crippen molar-refractivity contribution in [3.05, 3.63) is 75.9 Å². The minimum absolute atomic E-state index is 0.0775. The molecule has 0 aliphatic carbocycles. The van der Waals surface area contributed by atoms with E-state index in [1.807, 2.05) is 6.07 Å². The summed E-state index contributed by atoms with van der Waals surface area (Å²) in [6, 6.07) is 7.39. The van der Waals surface area contributed by atoms with Crippen LogP contribution in [0.4, 0.5) is 5.69 Å². The summed E-state index contributed by atoms with van der Waals surface area (Å²) in [5.41, 5.74) is 2.11. The highest BCUT2D eigenvalue weighted by atomic mass is 16.5. The Hall–Kier alpha value is -4.43. The van der Waals surface area contributed by atoms with Crippen LogP contribution in [0.15, 0.2) is 41.2 Å². The lowest BCUT2D eigenvalue weighted by molar-refractivity contribution is 0.0698. The third-order valence-electron chi connectivity index (χ3n) is 3.99. The van der Waals surface area contributed by atoms with Crippen LogP contribution >= 0.6 is 0 Å². The molecule has 142 valence electrons. The van der Waals surface area contributed by atoms with Gasteiger partial charge in [-0.2, -0.15) is 5.26 Å². The number of anilines is 1. The van der Waals surface area contributed by atoms with E-state index in [0.29, 0.717) is 22.6 Å². The van der Waals surface area contributed by atoms with Gasteiger partial charge in [-0.1, -0.05) is 17.0 Å². The second-order valence-corrected chi connectivity index (χ2v) is 6.04. The number of pyridine rings is 1. The van der Waals surface area contributed by atoms with Crippen LogP contribution < -0.4 is 5.32 Å². The fraction of sp³-hybridized carbons (Fsp3) is 0.0952. The Morgan fingerprint density at radius 3 is 2.59 bits per heavy atom. The number of nitriles is 1. The Labute approximate surface area is 165 Å². The zero-order valence-electron chi connectivity index (χ0n) is 15.5. The van der Waals surface area contributed by atoms with Gasteiger partial charge >= 0.3 is 5.97 Å². The third kappa shape index (κ3) is 4.29. The molecule has 0 atom stereocenters. The molecule has 8 heteroatoms. The van der Waals surface area contributed by atoms with E-state index in [0.717, 1.165) is 0 Å². The molecular formula is C21H14N4O4. The zero-order chi connectivity index (χ0) is 21.0. The number of aromatic carboxylic acids is 1. The van der Waals surface area contributed by atoms with Crippen molar-refractivity contribution in [3.8, 4) is 17.9 Å². The summed E-state index contributed by atoms with van der Waals surface area (Å²) in [6.07, 6.45) is 2.85. The molecule has 0 saturated carbocycles. The number of carboxylic acid groups (broad SMARTS) is 1. The van der Waals surface area contributed by atoms with E-state index in [2.05, 4.69) is 27.3 Å². The number of aromatic nitrogens is 2. The number of aryl methyl sites for hydroxylation is 2. The van der Waals surface area contributed by atoms with Crippen LogP contribution in [-0.4, -0.2) is 27.1 Å². The molecule has 1 amide bonds. The lowest BCUT2D eigenvalue weighted by atomic mass is 10.1. The second kappa shape index (κ2) is 8.07. The highest BCUT2D eigenvalue weighted by Crippen LogP contribution is 2.19. The van der Waals surface area contributed by atoms with Crippen molar-refractivity contribution in [2.24, 2.45) is 0 Å². The normalized spacial score (nSPS) is 9.83. The van der Waals surface area contributed by atoms with Crippen molar-refractivity contribution in [2.75, 3.05) is 5.32 Å². The number of carbonyl (C=O) groups excluding carboxylic acids is 1. The van der Waals surface area contributed by atoms with Crippen molar-refractivity contribution in [1.29, 1.82) is 5.26 Å². The minimum Gasteiger partial charge on any atom is -0.478 e.